The van der Waals surface area contributed by atoms with E-state index in [-0.39, 0.29) is 5.91 Å². The van der Waals surface area contributed by atoms with E-state index in [9.17, 15) is 4.79 Å². The molecule has 0 saturated carbocycles. The van der Waals surface area contributed by atoms with Crippen molar-refractivity contribution >= 4 is 39.8 Å². The zero-order valence-corrected chi connectivity index (χ0v) is 14.9. The van der Waals surface area contributed by atoms with Gasteiger partial charge < -0.3 is 4.74 Å². The summed E-state index contributed by atoms with van der Waals surface area (Å²) in [6.07, 6.45) is 3.34. The SMILES string of the molecule is COc1ccc(-c2csc(NC(=O)C=Cc3cc(C)cs3)n2)cc1. The molecule has 1 aromatic carbocycles. The fourth-order valence-corrected chi connectivity index (χ4v) is 3.58. The van der Waals surface area contributed by atoms with Gasteiger partial charge in [0.2, 0.25) is 5.91 Å². The number of nitrogens with zero attached hydrogens (tertiary/aromatic N) is 1. The van der Waals surface area contributed by atoms with Crippen LogP contribution in [0.2, 0.25) is 0 Å². The van der Waals surface area contributed by atoms with Crippen LogP contribution < -0.4 is 10.1 Å². The number of ether oxygens (including phenoxy) is 1. The summed E-state index contributed by atoms with van der Waals surface area (Å²) < 4.78 is 5.15. The van der Waals surface area contributed by atoms with Gasteiger partial charge in [-0.25, -0.2) is 4.98 Å². The van der Waals surface area contributed by atoms with Crippen LogP contribution in [0, 0.1) is 6.92 Å². The number of methoxy groups -OCH3 is 1. The van der Waals surface area contributed by atoms with Crippen molar-refractivity contribution in [3.63, 3.8) is 0 Å². The molecule has 2 aromatic heterocycles. The Bertz CT molecular complexity index is 863. The number of thiophene rings is 1. The molecule has 3 rings (SSSR count). The number of rotatable bonds is 5. The summed E-state index contributed by atoms with van der Waals surface area (Å²) in [4.78, 5) is 17.5. The normalized spacial score (nSPS) is 10.9. The first kappa shape index (κ1) is 16.4. The molecule has 6 heteroatoms. The van der Waals surface area contributed by atoms with Crippen LogP contribution in [0.3, 0.4) is 0 Å². The van der Waals surface area contributed by atoms with Crippen LogP contribution in [0.25, 0.3) is 17.3 Å². The number of aromatic nitrogens is 1. The van der Waals surface area contributed by atoms with Gasteiger partial charge in [0, 0.05) is 21.9 Å². The Morgan fingerprint density at radius 2 is 2.00 bits per heavy atom. The van der Waals surface area contributed by atoms with Gasteiger partial charge in [-0.1, -0.05) is 0 Å². The summed E-state index contributed by atoms with van der Waals surface area (Å²) in [5, 5.41) is 7.35. The second-order valence-electron chi connectivity index (χ2n) is 5.12. The lowest BCUT2D eigenvalue weighted by molar-refractivity contribution is -0.111. The fourth-order valence-electron chi connectivity index (χ4n) is 2.07. The summed E-state index contributed by atoms with van der Waals surface area (Å²) in [6, 6.07) is 9.70. The quantitative estimate of drug-likeness (QED) is 0.666. The fraction of sp³-hybridized carbons (Fsp3) is 0.111. The maximum Gasteiger partial charge on any atom is 0.250 e. The van der Waals surface area contributed by atoms with E-state index >= 15 is 0 Å². The van der Waals surface area contributed by atoms with Gasteiger partial charge >= 0.3 is 0 Å². The van der Waals surface area contributed by atoms with E-state index in [1.807, 2.05) is 48.7 Å². The van der Waals surface area contributed by atoms with Crippen molar-refractivity contribution in [3.05, 3.63) is 57.6 Å². The number of hydrogen-bond acceptors (Lipinski definition) is 5. The van der Waals surface area contributed by atoms with Gasteiger partial charge in [0.05, 0.1) is 12.8 Å². The summed E-state index contributed by atoms with van der Waals surface area (Å²) >= 11 is 3.01. The van der Waals surface area contributed by atoms with Gasteiger partial charge in [0.1, 0.15) is 5.75 Å². The molecule has 0 atom stereocenters. The third kappa shape index (κ3) is 4.10. The highest BCUT2D eigenvalue weighted by Crippen LogP contribution is 2.26. The van der Waals surface area contributed by atoms with Crippen molar-refractivity contribution < 1.29 is 9.53 Å². The minimum absolute atomic E-state index is 0.184. The number of carbonyl (C=O) groups is 1. The van der Waals surface area contributed by atoms with E-state index in [0.29, 0.717) is 5.13 Å². The molecule has 3 aromatic rings. The Morgan fingerprint density at radius 1 is 1.21 bits per heavy atom. The monoisotopic (exact) mass is 356 g/mol. The molecular weight excluding hydrogens is 340 g/mol. The Kier molecular flexibility index (Phi) is 5.08. The molecule has 0 fully saturated rings. The number of aryl methyl sites for hydroxylation is 1. The van der Waals surface area contributed by atoms with Crippen molar-refractivity contribution in [2.24, 2.45) is 0 Å². The Morgan fingerprint density at radius 3 is 2.67 bits per heavy atom. The summed E-state index contributed by atoms with van der Waals surface area (Å²) in [5.74, 6) is 0.619. The third-order valence-corrected chi connectivity index (χ3v) is 5.04. The van der Waals surface area contributed by atoms with Crippen LogP contribution in [0.15, 0.2) is 47.2 Å². The predicted molar refractivity (Wildman–Crippen MR) is 101 cm³/mol. The number of amides is 1. The Labute approximate surface area is 148 Å². The zero-order chi connectivity index (χ0) is 16.9. The Hall–Kier alpha value is -2.44. The largest absolute Gasteiger partial charge is 0.497 e. The van der Waals surface area contributed by atoms with Crippen LogP contribution >= 0.6 is 22.7 Å². The van der Waals surface area contributed by atoms with E-state index < -0.39 is 0 Å². The van der Waals surface area contributed by atoms with Crippen LogP contribution in [0.1, 0.15) is 10.4 Å². The average Bonchev–Trinajstić information content (AvgIpc) is 3.22. The zero-order valence-electron chi connectivity index (χ0n) is 13.3. The molecule has 0 spiro atoms. The molecule has 0 radical (unpaired) electrons. The Balaban J connectivity index is 1.64. The highest BCUT2D eigenvalue weighted by molar-refractivity contribution is 7.14. The van der Waals surface area contributed by atoms with Crippen molar-refractivity contribution in [3.8, 4) is 17.0 Å². The second kappa shape index (κ2) is 7.42. The van der Waals surface area contributed by atoms with E-state index in [2.05, 4.69) is 15.7 Å². The van der Waals surface area contributed by atoms with Crippen molar-refractivity contribution in [1.82, 2.24) is 4.98 Å². The standard InChI is InChI=1S/C18H16N2O2S2/c1-12-9-15(23-10-12)7-8-17(21)20-18-19-16(11-24-18)13-3-5-14(22-2)6-4-13/h3-11H,1-2H3,(H,19,20,21). The number of hydrogen-bond donors (Lipinski definition) is 1. The van der Waals surface area contributed by atoms with Crippen LogP contribution in [-0.4, -0.2) is 18.0 Å². The average molecular weight is 356 g/mol. The molecule has 1 N–H and O–H groups in total. The number of benzene rings is 1. The van der Waals surface area contributed by atoms with Gasteiger partial charge in [-0.15, -0.1) is 22.7 Å². The first-order valence-corrected chi connectivity index (χ1v) is 9.04. The van der Waals surface area contributed by atoms with Crippen LogP contribution in [0.4, 0.5) is 5.13 Å². The van der Waals surface area contributed by atoms with Gasteiger partial charge in [-0.05, 0) is 54.3 Å². The van der Waals surface area contributed by atoms with Gasteiger partial charge in [-0.3, -0.25) is 10.1 Å². The molecule has 122 valence electrons. The lowest BCUT2D eigenvalue weighted by atomic mass is 10.2. The summed E-state index contributed by atoms with van der Waals surface area (Å²) in [5.41, 5.74) is 3.01. The second-order valence-corrected chi connectivity index (χ2v) is 6.92. The van der Waals surface area contributed by atoms with E-state index in [0.717, 1.165) is 21.9 Å². The predicted octanol–water partition coefficient (Wildman–Crippen LogP) is 4.84. The first-order chi connectivity index (χ1) is 11.6. The molecule has 0 bridgehead atoms. The van der Waals surface area contributed by atoms with E-state index in [4.69, 9.17) is 4.74 Å². The summed E-state index contributed by atoms with van der Waals surface area (Å²) in [6.45, 7) is 2.03. The number of anilines is 1. The molecule has 1 amide bonds. The molecule has 0 aliphatic heterocycles. The smallest absolute Gasteiger partial charge is 0.250 e. The summed E-state index contributed by atoms with van der Waals surface area (Å²) in [7, 11) is 1.64. The van der Waals surface area contributed by atoms with Gasteiger partial charge in [-0.2, -0.15) is 0 Å². The lowest BCUT2D eigenvalue weighted by Gasteiger charge is -2.00. The highest BCUT2D eigenvalue weighted by atomic mass is 32.1. The van der Waals surface area contributed by atoms with E-state index in [1.165, 1.54) is 23.0 Å². The molecule has 0 aliphatic rings. The topological polar surface area (TPSA) is 51.2 Å². The lowest BCUT2D eigenvalue weighted by Crippen LogP contribution is -2.07. The highest BCUT2D eigenvalue weighted by Gasteiger charge is 2.07. The van der Waals surface area contributed by atoms with Gasteiger partial charge in [0.25, 0.3) is 0 Å². The molecule has 0 saturated heterocycles. The minimum Gasteiger partial charge on any atom is -0.497 e. The van der Waals surface area contributed by atoms with Crippen LogP contribution in [0.5, 0.6) is 5.75 Å². The van der Waals surface area contributed by atoms with Crippen molar-refractivity contribution in [2.75, 3.05) is 12.4 Å². The van der Waals surface area contributed by atoms with Crippen LogP contribution in [-0.2, 0) is 4.79 Å². The maximum atomic E-state index is 12.0. The molecular formula is C18H16N2O2S2. The molecule has 0 aliphatic carbocycles. The van der Waals surface area contributed by atoms with Crippen molar-refractivity contribution in [1.29, 1.82) is 0 Å². The molecule has 24 heavy (non-hydrogen) atoms. The molecule has 2 heterocycles. The maximum absolute atomic E-state index is 12.0. The van der Waals surface area contributed by atoms with Crippen molar-refractivity contribution in [2.45, 2.75) is 6.92 Å². The molecule has 0 unspecified atom stereocenters. The molecule has 4 nitrogen and oxygen atoms in total. The first-order valence-electron chi connectivity index (χ1n) is 7.28. The minimum atomic E-state index is -0.184. The third-order valence-electron chi connectivity index (χ3n) is 3.27. The number of thiazole rings is 1. The number of nitrogens with one attached hydrogen (secondary N) is 1. The van der Waals surface area contributed by atoms with Gasteiger partial charge in [0.15, 0.2) is 5.13 Å². The van der Waals surface area contributed by atoms with E-state index in [1.54, 1.807) is 18.4 Å². The number of carbonyl (C=O) groups excluding carboxylic acids is 1.